The molecule has 0 bridgehead atoms. The monoisotopic (exact) mass is 502 g/mol. The minimum Gasteiger partial charge on any atom is -0.460 e. The highest BCUT2D eigenvalue weighted by atomic mass is 16.3. The zero-order chi connectivity index (χ0) is 26.1. The van der Waals surface area contributed by atoms with E-state index in [0.717, 1.165) is 62.8 Å². The van der Waals surface area contributed by atoms with Crippen LogP contribution in [0.25, 0.3) is 72.0 Å². The normalized spacial score (nSPS) is 13.1. The van der Waals surface area contributed by atoms with Crippen molar-refractivity contribution in [1.82, 2.24) is 9.97 Å². The number of aryl methyl sites for hydroxylation is 3. The number of hydrogen-bond donors (Lipinski definition) is 0. The first-order valence-corrected chi connectivity index (χ1v) is 13.5. The summed E-state index contributed by atoms with van der Waals surface area (Å²) in [6, 6.07) is 28.3. The number of aromatic nitrogens is 2. The first-order chi connectivity index (χ1) is 19.1. The summed E-state index contributed by atoms with van der Waals surface area (Å²) in [5.74, 6) is 1.09. The highest BCUT2D eigenvalue weighted by Gasteiger charge is 2.16. The highest BCUT2D eigenvalue weighted by Crippen LogP contribution is 2.37. The van der Waals surface area contributed by atoms with Crippen LogP contribution in [-0.4, -0.2) is 9.97 Å². The van der Waals surface area contributed by atoms with Gasteiger partial charge < -0.3 is 4.42 Å². The van der Waals surface area contributed by atoms with Crippen molar-refractivity contribution in [3.8, 4) is 22.4 Å². The molecule has 0 amide bonds. The van der Waals surface area contributed by atoms with Crippen LogP contribution in [-0.2, 0) is 6.42 Å². The maximum atomic E-state index is 6.13. The Kier molecular flexibility index (Phi) is 4.78. The van der Waals surface area contributed by atoms with E-state index in [-0.39, 0.29) is 0 Å². The summed E-state index contributed by atoms with van der Waals surface area (Å²) in [6.45, 7) is 4.29. The van der Waals surface area contributed by atoms with Crippen LogP contribution in [0.2, 0.25) is 0 Å². The van der Waals surface area contributed by atoms with E-state index in [0.29, 0.717) is 0 Å². The molecule has 5 aromatic carbocycles. The third kappa shape index (κ3) is 3.50. The molecular weight excluding hydrogens is 476 g/mol. The molecule has 3 nitrogen and oxygen atoms in total. The van der Waals surface area contributed by atoms with Crippen LogP contribution < -0.4 is 0 Å². The molecule has 8 rings (SSSR count). The van der Waals surface area contributed by atoms with E-state index in [4.69, 9.17) is 14.4 Å². The van der Waals surface area contributed by atoms with E-state index in [2.05, 4.69) is 105 Å². The summed E-state index contributed by atoms with van der Waals surface area (Å²) < 4.78 is 6.13. The van der Waals surface area contributed by atoms with Crippen molar-refractivity contribution in [2.24, 2.45) is 0 Å². The van der Waals surface area contributed by atoms with Crippen molar-refractivity contribution in [3.05, 3.63) is 114 Å². The van der Waals surface area contributed by atoms with Crippen LogP contribution in [0.3, 0.4) is 0 Å². The molecule has 0 saturated carbocycles. The van der Waals surface area contributed by atoms with Gasteiger partial charge in [-0.3, -0.25) is 4.98 Å². The number of furan rings is 1. The van der Waals surface area contributed by atoms with E-state index < -0.39 is 0 Å². The summed E-state index contributed by atoms with van der Waals surface area (Å²) >= 11 is 0. The molecule has 2 aromatic heterocycles. The summed E-state index contributed by atoms with van der Waals surface area (Å²) in [6.07, 6.45) is 8.36. The van der Waals surface area contributed by atoms with Crippen molar-refractivity contribution in [2.75, 3.05) is 0 Å². The molecule has 0 fully saturated rings. The van der Waals surface area contributed by atoms with Crippen LogP contribution in [0.1, 0.15) is 28.9 Å². The minimum atomic E-state index is 0.877. The average Bonchev–Trinajstić information content (AvgIpc) is 3.35. The largest absolute Gasteiger partial charge is 0.460 e. The molecule has 3 heteroatoms. The molecule has 1 aliphatic rings. The molecular formula is C36H26N2O. The molecule has 39 heavy (non-hydrogen) atoms. The topological polar surface area (TPSA) is 38.9 Å². The lowest BCUT2D eigenvalue weighted by atomic mass is 9.96. The Balaban J connectivity index is 1.30. The third-order valence-corrected chi connectivity index (χ3v) is 8.04. The third-order valence-electron chi connectivity index (χ3n) is 8.04. The van der Waals surface area contributed by atoms with Gasteiger partial charge in [-0.25, -0.2) is 4.98 Å². The molecule has 0 saturated heterocycles. The fourth-order valence-corrected chi connectivity index (χ4v) is 6.08. The van der Waals surface area contributed by atoms with Gasteiger partial charge in [-0.05, 0) is 60.4 Å². The zero-order valence-corrected chi connectivity index (χ0v) is 22.0. The number of nitrogens with zero attached hydrogens (tertiary/aromatic N) is 2. The first-order valence-electron chi connectivity index (χ1n) is 13.5. The summed E-state index contributed by atoms with van der Waals surface area (Å²) in [4.78, 5) is 10.2. The Morgan fingerprint density at radius 2 is 1.41 bits per heavy atom. The Morgan fingerprint density at radius 1 is 0.667 bits per heavy atom. The maximum Gasteiger partial charge on any atom is 0.134 e. The molecule has 0 spiro atoms. The van der Waals surface area contributed by atoms with Gasteiger partial charge in [0, 0.05) is 33.7 Å². The quantitative estimate of drug-likeness (QED) is 0.221. The Hall–Kier alpha value is -4.76. The Labute approximate surface area is 226 Å². The van der Waals surface area contributed by atoms with Crippen molar-refractivity contribution in [1.29, 1.82) is 0 Å². The molecule has 0 N–H and O–H groups in total. The van der Waals surface area contributed by atoms with Gasteiger partial charge in [0.05, 0.1) is 22.9 Å². The SMILES string of the molecule is Cc1ccc2c(c1)c1cc(C)ccc1c1nc(-c3cccc(-c4ccc5oc6c(c5c4)C=CCC6)c3)cnc21. The van der Waals surface area contributed by atoms with Crippen LogP contribution >= 0.6 is 0 Å². The first kappa shape index (κ1) is 22.2. The number of rotatable bonds is 2. The molecule has 186 valence electrons. The number of benzene rings is 5. The second-order valence-electron chi connectivity index (χ2n) is 10.7. The highest BCUT2D eigenvalue weighted by molar-refractivity contribution is 6.23. The molecule has 0 radical (unpaired) electrons. The second kappa shape index (κ2) is 8.37. The zero-order valence-electron chi connectivity index (χ0n) is 22.0. The van der Waals surface area contributed by atoms with Crippen LogP contribution in [0, 0.1) is 13.8 Å². The fourth-order valence-electron chi connectivity index (χ4n) is 6.08. The Morgan fingerprint density at radius 3 is 2.23 bits per heavy atom. The van der Waals surface area contributed by atoms with Crippen molar-refractivity contribution in [3.63, 3.8) is 0 Å². The smallest absolute Gasteiger partial charge is 0.134 e. The van der Waals surface area contributed by atoms with Gasteiger partial charge >= 0.3 is 0 Å². The van der Waals surface area contributed by atoms with Gasteiger partial charge in [0.1, 0.15) is 11.3 Å². The number of allylic oxidation sites excluding steroid dienone is 1. The van der Waals surface area contributed by atoms with Crippen LogP contribution in [0.5, 0.6) is 0 Å². The lowest BCUT2D eigenvalue weighted by Gasteiger charge is -2.12. The van der Waals surface area contributed by atoms with E-state index in [1.54, 1.807) is 0 Å². The summed E-state index contributed by atoms with van der Waals surface area (Å²) in [5.41, 5.74) is 10.8. The van der Waals surface area contributed by atoms with Gasteiger partial charge in [-0.1, -0.05) is 83.9 Å². The molecule has 2 heterocycles. The lowest BCUT2D eigenvalue weighted by Crippen LogP contribution is -1.93. The van der Waals surface area contributed by atoms with E-state index >= 15 is 0 Å². The van der Waals surface area contributed by atoms with Gasteiger partial charge in [0.2, 0.25) is 0 Å². The van der Waals surface area contributed by atoms with Crippen LogP contribution in [0.15, 0.2) is 95.6 Å². The number of fused-ring (bicyclic) bond motifs is 9. The van der Waals surface area contributed by atoms with E-state index in [1.165, 1.54) is 38.4 Å². The second-order valence-corrected chi connectivity index (χ2v) is 10.7. The predicted molar refractivity (Wildman–Crippen MR) is 162 cm³/mol. The molecule has 1 aliphatic carbocycles. The summed E-state index contributed by atoms with van der Waals surface area (Å²) in [7, 11) is 0. The number of hydrogen-bond acceptors (Lipinski definition) is 3. The molecule has 0 aliphatic heterocycles. The predicted octanol–water partition coefficient (Wildman–Crippen LogP) is 9.59. The molecule has 0 unspecified atom stereocenters. The van der Waals surface area contributed by atoms with Gasteiger partial charge in [0.25, 0.3) is 0 Å². The lowest BCUT2D eigenvalue weighted by molar-refractivity contribution is 0.546. The van der Waals surface area contributed by atoms with Crippen molar-refractivity contribution in [2.45, 2.75) is 26.7 Å². The van der Waals surface area contributed by atoms with Crippen LogP contribution in [0.4, 0.5) is 0 Å². The fraction of sp³-hybridized carbons (Fsp3) is 0.111. The van der Waals surface area contributed by atoms with Crippen molar-refractivity contribution >= 4 is 49.6 Å². The minimum absolute atomic E-state index is 0.877. The van der Waals surface area contributed by atoms with E-state index in [9.17, 15) is 0 Å². The molecule has 7 aromatic rings. The van der Waals surface area contributed by atoms with Gasteiger partial charge in [-0.15, -0.1) is 0 Å². The summed E-state index contributed by atoms with van der Waals surface area (Å²) in [5, 5.41) is 5.93. The maximum absolute atomic E-state index is 6.13. The average molecular weight is 503 g/mol. The van der Waals surface area contributed by atoms with Gasteiger partial charge in [-0.2, -0.15) is 0 Å². The molecule has 0 atom stereocenters. The van der Waals surface area contributed by atoms with Gasteiger partial charge in [0.15, 0.2) is 0 Å². The Bertz CT molecular complexity index is 2150. The van der Waals surface area contributed by atoms with Crippen molar-refractivity contribution < 1.29 is 4.42 Å². The standard InChI is InChI=1S/C36H26N2O/c1-21-10-13-27-29(16-21)30-17-22(2)11-14-28(30)36-35(27)37-20-32(38-36)25-7-5-6-23(18-25)24-12-15-34-31(19-24)26-8-3-4-9-33(26)39-34/h3,5-8,10-20H,4,9H2,1-2H3. The van der Waals surface area contributed by atoms with E-state index in [1.807, 2.05) is 6.20 Å².